The number of carbonyl (C=O) groups is 1. The third kappa shape index (κ3) is 6.26. The number of benzene rings is 2. The molecule has 0 aliphatic carbocycles. The van der Waals surface area contributed by atoms with E-state index in [0.29, 0.717) is 23.1 Å². The first kappa shape index (κ1) is 25.0. The highest BCUT2D eigenvalue weighted by Gasteiger charge is 2.18. The molecule has 0 radical (unpaired) electrons. The number of aromatic nitrogens is 3. The summed E-state index contributed by atoms with van der Waals surface area (Å²) in [5.41, 5.74) is 0.121. The Kier molecular flexibility index (Phi) is 8.48. The smallest absolute Gasteiger partial charge is 0.335 e. The fraction of sp³-hybridized carbons (Fsp3) is 0.333. The largest absolute Gasteiger partial charge is 0.494 e. The van der Waals surface area contributed by atoms with Gasteiger partial charge in [0.15, 0.2) is 0 Å². The van der Waals surface area contributed by atoms with Crippen molar-refractivity contribution in [1.29, 1.82) is 0 Å². The summed E-state index contributed by atoms with van der Waals surface area (Å²) in [6, 6.07) is 14.0. The van der Waals surface area contributed by atoms with Gasteiger partial charge in [-0.25, -0.2) is 19.1 Å². The molecule has 0 fully saturated rings. The molecule has 1 heterocycles. The minimum Gasteiger partial charge on any atom is -0.494 e. The van der Waals surface area contributed by atoms with Gasteiger partial charge in [0, 0.05) is 11.6 Å². The van der Waals surface area contributed by atoms with Gasteiger partial charge in [-0.3, -0.25) is 14.3 Å². The molecular formula is C24H27ClN4O5. The molecule has 1 aromatic heterocycles. The highest BCUT2D eigenvalue weighted by Crippen LogP contribution is 2.17. The summed E-state index contributed by atoms with van der Waals surface area (Å²) in [5.74, 6) is -0.503. The Bertz CT molecular complexity index is 1310. The molecule has 0 bridgehead atoms. The molecular weight excluding hydrogens is 460 g/mol. The zero-order valence-electron chi connectivity index (χ0n) is 19.3. The number of rotatable bonds is 9. The molecule has 0 aliphatic rings. The van der Waals surface area contributed by atoms with E-state index in [1.807, 2.05) is 6.92 Å². The fourth-order valence-electron chi connectivity index (χ4n) is 3.23. The van der Waals surface area contributed by atoms with Gasteiger partial charge in [0.05, 0.1) is 31.9 Å². The van der Waals surface area contributed by atoms with Gasteiger partial charge in [0.2, 0.25) is 5.62 Å². The van der Waals surface area contributed by atoms with Crippen molar-refractivity contribution in [3.8, 4) is 5.75 Å². The number of halogens is 1. The molecule has 0 aliphatic heterocycles. The maximum Gasteiger partial charge on any atom is 0.335 e. The van der Waals surface area contributed by atoms with E-state index < -0.39 is 23.3 Å². The van der Waals surface area contributed by atoms with Crippen LogP contribution in [0.3, 0.4) is 0 Å². The van der Waals surface area contributed by atoms with Crippen molar-refractivity contribution in [3.63, 3.8) is 0 Å². The number of H-pyrrole nitrogens is 1. The molecule has 1 atom stereocenters. The van der Waals surface area contributed by atoms with Gasteiger partial charge in [0.25, 0.3) is 0 Å². The molecule has 0 saturated carbocycles. The number of nitrogens with zero attached hydrogens (tertiary/aromatic N) is 3. The summed E-state index contributed by atoms with van der Waals surface area (Å²) in [5, 5.41) is 0.565. The van der Waals surface area contributed by atoms with E-state index in [2.05, 4.69) is 9.98 Å². The zero-order valence-corrected chi connectivity index (χ0v) is 20.0. The number of methoxy groups -OCH3 is 1. The lowest BCUT2D eigenvalue weighted by molar-refractivity contribution is -0.145. The summed E-state index contributed by atoms with van der Waals surface area (Å²) < 4.78 is 12.6. The predicted molar refractivity (Wildman–Crippen MR) is 128 cm³/mol. The van der Waals surface area contributed by atoms with Crippen LogP contribution in [0, 0.1) is 5.92 Å². The van der Waals surface area contributed by atoms with Gasteiger partial charge in [0.1, 0.15) is 5.75 Å². The SMILES string of the molecule is CCCOc1ccc(/N=c2\[nH]c(=O)n(C[C@@H](C)C(=O)OC)c(=O)n2Cc2ccc(Cl)cc2)cc1. The maximum absolute atomic E-state index is 13.3. The van der Waals surface area contributed by atoms with Crippen molar-refractivity contribution in [2.24, 2.45) is 10.9 Å². The van der Waals surface area contributed by atoms with Crippen LogP contribution in [0.4, 0.5) is 5.69 Å². The van der Waals surface area contributed by atoms with Crippen molar-refractivity contribution < 1.29 is 14.3 Å². The summed E-state index contributed by atoms with van der Waals surface area (Å²) >= 11 is 5.98. The first-order chi connectivity index (χ1) is 16.3. The average molecular weight is 487 g/mol. The zero-order chi connectivity index (χ0) is 24.7. The monoisotopic (exact) mass is 486 g/mol. The second-order valence-corrected chi connectivity index (χ2v) is 8.17. The molecule has 3 aromatic rings. The number of carbonyl (C=O) groups excluding carboxylic acids is 1. The first-order valence-corrected chi connectivity index (χ1v) is 11.2. The average Bonchev–Trinajstić information content (AvgIpc) is 2.84. The van der Waals surface area contributed by atoms with E-state index in [0.717, 1.165) is 16.6 Å². The van der Waals surface area contributed by atoms with Crippen LogP contribution in [0.25, 0.3) is 0 Å². The molecule has 180 valence electrons. The van der Waals surface area contributed by atoms with Crippen molar-refractivity contribution in [2.45, 2.75) is 33.4 Å². The third-order valence-electron chi connectivity index (χ3n) is 5.04. The topological polar surface area (TPSA) is 108 Å². The Balaban J connectivity index is 2.09. The summed E-state index contributed by atoms with van der Waals surface area (Å²) in [6.45, 7) is 4.21. The second-order valence-electron chi connectivity index (χ2n) is 7.74. The number of aromatic amines is 1. The molecule has 10 heteroatoms. The first-order valence-electron chi connectivity index (χ1n) is 10.9. The standard InChI is InChI=1S/C24H27ClN4O5/c1-4-13-34-20-11-9-19(10-12-20)26-22-27-23(31)29(14-16(2)21(30)33-3)24(32)28(22)15-17-5-7-18(25)8-6-17/h5-12,16H,4,13-15H2,1-3H3,(H,26,27,31)/t16-/m1/s1. The van der Waals surface area contributed by atoms with E-state index in [-0.39, 0.29) is 18.7 Å². The van der Waals surface area contributed by atoms with Crippen LogP contribution >= 0.6 is 11.6 Å². The minimum atomic E-state index is -0.689. The van der Waals surface area contributed by atoms with E-state index in [4.69, 9.17) is 21.1 Å². The summed E-state index contributed by atoms with van der Waals surface area (Å²) in [4.78, 5) is 45.1. The number of esters is 1. The highest BCUT2D eigenvalue weighted by atomic mass is 35.5. The highest BCUT2D eigenvalue weighted by molar-refractivity contribution is 6.30. The Hall–Kier alpha value is -3.59. The van der Waals surface area contributed by atoms with Crippen molar-refractivity contribution >= 4 is 23.3 Å². The van der Waals surface area contributed by atoms with Gasteiger partial charge < -0.3 is 9.47 Å². The lowest BCUT2D eigenvalue weighted by Gasteiger charge is -2.14. The number of hydrogen-bond donors (Lipinski definition) is 1. The van der Waals surface area contributed by atoms with Crippen LogP contribution < -0.4 is 21.7 Å². The maximum atomic E-state index is 13.3. The Morgan fingerprint density at radius 2 is 1.76 bits per heavy atom. The van der Waals surface area contributed by atoms with Gasteiger partial charge in [-0.15, -0.1) is 0 Å². The molecule has 1 N–H and O–H groups in total. The van der Waals surface area contributed by atoms with Crippen LogP contribution in [0.1, 0.15) is 25.8 Å². The van der Waals surface area contributed by atoms with E-state index in [9.17, 15) is 14.4 Å². The molecule has 3 rings (SSSR count). The normalized spacial score (nSPS) is 12.4. The number of ether oxygens (including phenoxy) is 2. The molecule has 0 saturated heterocycles. The number of hydrogen-bond acceptors (Lipinski definition) is 6. The van der Waals surface area contributed by atoms with E-state index >= 15 is 0 Å². The van der Waals surface area contributed by atoms with E-state index in [1.54, 1.807) is 55.5 Å². The molecule has 9 nitrogen and oxygen atoms in total. The van der Waals surface area contributed by atoms with Crippen molar-refractivity contribution in [1.82, 2.24) is 14.1 Å². The van der Waals surface area contributed by atoms with Crippen LogP contribution in [0.15, 0.2) is 63.1 Å². The predicted octanol–water partition coefficient (Wildman–Crippen LogP) is 2.87. The Labute approximate surface area is 201 Å². The fourth-order valence-corrected chi connectivity index (χ4v) is 3.35. The Morgan fingerprint density at radius 1 is 1.09 bits per heavy atom. The lowest BCUT2D eigenvalue weighted by atomic mass is 10.2. The van der Waals surface area contributed by atoms with Gasteiger partial charge >= 0.3 is 17.3 Å². The minimum absolute atomic E-state index is 0.0779. The number of nitrogens with one attached hydrogen (secondary N) is 1. The molecule has 0 amide bonds. The molecule has 34 heavy (non-hydrogen) atoms. The quantitative estimate of drug-likeness (QED) is 0.468. The third-order valence-corrected chi connectivity index (χ3v) is 5.29. The van der Waals surface area contributed by atoms with Crippen LogP contribution in [0.5, 0.6) is 5.75 Å². The molecule has 2 aromatic carbocycles. The molecule has 0 spiro atoms. The van der Waals surface area contributed by atoms with Gasteiger partial charge in [-0.1, -0.05) is 37.6 Å². The van der Waals surface area contributed by atoms with Crippen LogP contribution in [-0.2, 0) is 22.6 Å². The lowest BCUT2D eigenvalue weighted by Crippen LogP contribution is -2.51. The Morgan fingerprint density at radius 3 is 2.38 bits per heavy atom. The summed E-state index contributed by atoms with van der Waals surface area (Å²) in [6.07, 6.45) is 0.892. The van der Waals surface area contributed by atoms with Crippen LogP contribution in [0.2, 0.25) is 5.02 Å². The van der Waals surface area contributed by atoms with E-state index in [1.165, 1.54) is 11.7 Å². The van der Waals surface area contributed by atoms with Gasteiger partial charge in [-0.05, 0) is 48.4 Å². The van der Waals surface area contributed by atoms with Crippen molar-refractivity contribution in [2.75, 3.05) is 13.7 Å². The summed E-state index contributed by atoms with van der Waals surface area (Å²) in [7, 11) is 1.26. The molecule has 0 unspecified atom stereocenters. The second kappa shape index (κ2) is 11.5. The van der Waals surface area contributed by atoms with Crippen LogP contribution in [-0.4, -0.2) is 33.8 Å². The van der Waals surface area contributed by atoms with Gasteiger partial charge in [-0.2, -0.15) is 0 Å². The van der Waals surface area contributed by atoms with Crippen molar-refractivity contribution in [3.05, 3.63) is 85.7 Å².